The molecule has 3 nitrogen and oxygen atoms in total. The van der Waals surface area contributed by atoms with Crippen molar-refractivity contribution in [1.29, 1.82) is 0 Å². The van der Waals surface area contributed by atoms with Gasteiger partial charge in [-0.25, -0.2) is 0 Å². The van der Waals surface area contributed by atoms with Gasteiger partial charge in [0.15, 0.2) is 0 Å². The van der Waals surface area contributed by atoms with Crippen molar-refractivity contribution in [2.45, 2.75) is 31.1 Å². The predicted octanol–water partition coefficient (Wildman–Crippen LogP) is 2.48. The summed E-state index contributed by atoms with van der Waals surface area (Å²) in [5.41, 5.74) is 2.71. The smallest absolute Gasteiger partial charge is 0.232 e. The maximum absolute atomic E-state index is 12.3. The third kappa shape index (κ3) is 3.36. The molecule has 0 radical (unpaired) electrons. The average Bonchev–Trinajstić information content (AvgIpc) is 2.53. The Morgan fingerprint density at radius 2 is 2.00 bits per heavy atom. The molecular weight excluding hydrogens is 270 g/mol. The van der Waals surface area contributed by atoms with Crippen LogP contribution < -0.4 is 0 Å². The van der Waals surface area contributed by atoms with E-state index in [1.165, 1.54) is 11.1 Å². The Morgan fingerprint density at radius 3 is 2.80 bits per heavy atom. The largest absolute Gasteiger partial charge is 0.381 e. The van der Waals surface area contributed by atoms with Gasteiger partial charge in [-0.3, -0.25) is 4.79 Å². The summed E-state index contributed by atoms with van der Waals surface area (Å²) in [4.78, 5) is 14.3. The Bertz CT molecular complexity index is 471. The van der Waals surface area contributed by atoms with E-state index in [1.807, 2.05) is 16.7 Å². The lowest BCUT2D eigenvalue weighted by molar-refractivity contribution is -0.129. The summed E-state index contributed by atoms with van der Waals surface area (Å²) in [6, 6.07) is 8.45. The maximum Gasteiger partial charge on any atom is 0.232 e. The molecule has 3 rings (SSSR count). The highest BCUT2D eigenvalue weighted by Gasteiger charge is 2.22. The van der Waals surface area contributed by atoms with Gasteiger partial charge in [0.25, 0.3) is 0 Å². The number of nitrogens with zero attached hydrogens (tertiary/aromatic N) is 1. The summed E-state index contributed by atoms with van der Waals surface area (Å²) in [5.74, 6) is 0.906. The zero-order valence-electron chi connectivity index (χ0n) is 11.7. The Labute approximate surface area is 124 Å². The Hall–Kier alpha value is -1.00. The maximum atomic E-state index is 12.3. The van der Waals surface area contributed by atoms with E-state index in [9.17, 15) is 4.79 Å². The van der Waals surface area contributed by atoms with E-state index >= 15 is 0 Å². The van der Waals surface area contributed by atoms with E-state index in [1.54, 1.807) is 0 Å². The van der Waals surface area contributed by atoms with Crippen molar-refractivity contribution in [3.8, 4) is 0 Å². The fraction of sp³-hybridized carbons (Fsp3) is 0.562. The molecule has 1 aromatic carbocycles. The monoisotopic (exact) mass is 291 g/mol. The number of carbonyl (C=O) groups is 1. The van der Waals surface area contributed by atoms with Crippen LogP contribution in [0.5, 0.6) is 0 Å². The summed E-state index contributed by atoms with van der Waals surface area (Å²) in [6.45, 7) is 3.35. The van der Waals surface area contributed by atoms with Gasteiger partial charge < -0.3 is 9.64 Å². The standard InChI is InChI=1S/C16H21NO2S/c18-16(12-20-15-6-9-19-10-7-15)17-8-5-13-3-1-2-4-14(13)11-17/h1-4,15H,5-12H2. The molecule has 2 heterocycles. The van der Waals surface area contributed by atoms with Crippen LogP contribution in [0.3, 0.4) is 0 Å². The minimum absolute atomic E-state index is 0.288. The Balaban J connectivity index is 1.51. The SMILES string of the molecule is O=C(CSC1CCOCC1)N1CCc2ccccc2C1. The van der Waals surface area contributed by atoms with Gasteiger partial charge in [0.1, 0.15) is 0 Å². The van der Waals surface area contributed by atoms with Crippen molar-refractivity contribution in [2.75, 3.05) is 25.5 Å². The third-order valence-corrected chi connectivity index (χ3v) is 5.45. The average molecular weight is 291 g/mol. The van der Waals surface area contributed by atoms with Crippen LogP contribution in [-0.2, 0) is 22.5 Å². The number of carbonyl (C=O) groups excluding carboxylic acids is 1. The molecule has 0 N–H and O–H groups in total. The van der Waals surface area contributed by atoms with E-state index in [4.69, 9.17) is 4.74 Å². The van der Waals surface area contributed by atoms with E-state index in [0.717, 1.165) is 45.6 Å². The lowest BCUT2D eigenvalue weighted by Crippen LogP contribution is -2.37. The number of thioether (sulfide) groups is 1. The molecule has 0 atom stereocenters. The fourth-order valence-electron chi connectivity index (χ4n) is 2.83. The van der Waals surface area contributed by atoms with Gasteiger partial charge in [0.05, 0.1) is 5.75 Å². The number of ether oxygens (including phenoxy) is 1. The van der Waals surface area contributed by atoms with Gasteiger partial charge in [-0.1, -0.05) is 24.3 Å². The number of hydrogen-bond acceptors (Lipinski definition) is 3. The molecule has 2 aliphatic rings. The zero-order valence-corrected chi connectivity index (χ0v) is 12.5. The van der Waals surface area contributed by atoms with Crippen LogP contribution in [-0.4, -0.2) is 41.6 Å². The molecule has 108 valence electrons. The van der Waals surface area contributed by atoms with Crippen LogP contribution in [0.4, 0.5) is 0 Å². The molecule has 1 aromatic rings. The fourth-order valence-corrected chi connectivity index (χ4v) is 3.92. The summed E-state index contributed by atoms with van der Waals surface area (Å²) in [5, 5.41) is 0.602. The van der Waals surface area contributed by atoms with Crippen molar-refractivity contribution in [3.63, 3.8) is 0 Å². The first-order valence-corrected chi connectivity index (χ1v) is 8.42. The molecule has 4 heteroatoms. The third-order valence-electron chi connectivity index (χ3n) is 4.09. The minimum atomic E-state index is 0.288. The molecule has 0 saturated carbocycles. The topological polar surface area (TPSA) is 29.5 Å². The van der Waals surface area contributed by atoms with Crippen LogP contribution >= 0.6 is 11.8 Å². The van der Waals surface area contributed by atoms with Crippen LogP contribution in [0.1, 0.15) is 24.0 Å². The normalized spacial score (nSPS) is 19.7. The van der Waals surface area contributed by atoms with Crippen molar-refractivity contribution in [1.82, 2.24) is 4.90 Å². The molecule has 1 amide bonds. The van der Waals surface area contributed by atoms with Crippen LogP contribution in [0.2, 0.25) is 0 Å². The molecule has 2 aliphatic heterocycles. The van der Waals surface area contributed by atoms with Crippen LogP contribution in [0.25, 0.3) is 0 Å². The highest BCUT2D eigenvalue weighted by atomic mass is 32.2. The van der Waals surface area contributed by atoms with Crippen molar-refractivity contribution in [3.05, 3.63) is 35.4 Å². The number of fused-ring (bicyclic) bond motifs is 1. The highest BCUT2D eigenvalue weighted by molar-refractivity contribution is 8.00. The summed E-state index contributed by atoms with van der Waals surface area (Å²) < 4.78 is 5.35. The molecule has 0 bridgehead atoms. The number of benzene rings is 1. The summed E-state index contributed by atoms with van der Waals surface area (Å²) >= 11 is 1.81. The van der Waals surface area contributed by atoms with Crippen molar-refractivity contribution < 1.29 is 9.53 Å². The van der Waals surface area contributed by atoms with Gasteiger partial charge in [-0.05, 0) is 30.4 Å². The molecule has 0 unspecified atom stereocenters. The van der Waals surface area contributed by atoms with Gasteiger partial charge in [-0.15, -0.1) is 11.8 Å². The van der Waals surface area contributed by atoms with Crippen LogP contribution in [0, 0.1) is 0 Å². The number of rotatable bonds is 3. The highest BCUT2D eigenvalue weighted by Crippen LogP contribution is 2.24. The molecule has 0 aromatic heterocycles. The van der Waals surface area contributed by atoms with Crippen molar-refractivity contribution >= 4 is 17.7 Å². The molecule has 0 spiro atoms. The Morgan fingerprint density at radius 1 is 1.25 bits per heavy atom. The molecular formula is C16H21NO2S. The van der Waals surface area contributed by atoms with Crippen LogP contribution in [0.15, 0.2) is 24.3 Å². The second-order valence-electron chi connectivity index (χ2n) is 5.46. The van der Waals surface area contributed by atoms with Gasteiger partial charge in [0, 0.05) is 31.6 Å². The first kappa shape index (κ1) is 14.0. The number of amides is 1. The quantitative estimate of drug-likeness (QED) is 0.857. The minimum Gasteiger partial charge on any atom is -0.381 e. The second-order valence-corrected chi connectivity index (χ2v) is 6.75. The number of hydrogen-bond donors (Lipinski definition) is 0. The molecule has 1 saturated heterocycles. The first-order chi connectivity index (χ1) is 9.83. The van der Waals surface area contributed by atoms with Gasteiger partial charge in [-0.2, -0.15) is 0 Å². The predicted molar refractivity (Wildman–Crippen MR) is 81.9 cm³/mol. The molecule has 0 aliphatic carbocycles. The van der Waals surface area contributed by atoms with E-state index in [-0.39, 0.29) is 5.91 Å². The zero-order chi connectivity index (χ0) is 13.8. The van der Waals surface area contributed by atoms with Gasteiger partial charge in [0.2, 0.25) is 5.91 Å². The van der Waals surface area contributed by atoms with Gasteiger partial charge >= 0.3 is 0 Å². The first-order valence-electron chi connectivity index (χ1n) is 7.37. The van der Waals surface area contributed by atoms with E-state index in [0.29, 0.717) is 11.0 Å². The van der Waals surface area contributed by atoms with E-state index < -0.39 is 0 Å². The summed E-state index contributed by atoms with van der Waals surface area (Å²) in [6.07, 6.45) is 3.16. The lowest BCUT2D eigenvalue weighted by Gasteiger charge is -2.29. The van der Waals surface area contributed by atoms with E-state index in [2.05, 4.69) is 24.3 Å². The molecule has 20 heavy (non-hydrogen) atoms. The molecule has 1 fully saturated rings. The second kappa shape index (κ2) is 6.64. The lowest BCUT2D eigenvalue weighted by atomic mass is 10.00. The summed E-state index contributed by atoms with van der Waals surface area (Å²) in [7, 11) is 0. The van der Waals surface area contributed by atoms with Crippen molar-refractivity contribution in [2.24, 2.45) is 0 Å². The Kier molecular flexibility index (Phi) is 4.63.